The van der Waals surface area contributed by atoms with E-state index < -0.39 is 0 Å². The number of hydrazone groups is 1. The van der Waals surface area contributed by atoms with Crippen LogP contribution >= 0.6 is 0 Å². The zero-order valence-electron chi connectivity index (χ0n) is 14.7. The number of carbonyl (C=O) groups is 1. The summed E-state index contributed by atoms with van der Waals surface area (Å²) in [6.45, 7) is 3.94. The van der Waals surface area contributed by atoms with Crippen molar-refractivity contribution >= 4 is 17.3 Å². The van der Waals surface area contributed by atoms with Gasteiger partial charge in [0.15, 0.2) is 0 Å². The predicted molar refractivity (Wildman–Crippen MR) is 98.5 cm³/mol. The van der Waals surface area contributed by atoms with Gasteiger partial charge in [-0.05, 0) is 36.6 Å². The first-order chi connectivity index (χ1) is 11.4. The number of rotatable bonds is 5. The van der Waals surface area contributed by atoms with Gasteiger partial charge in [-0.3, -0.25) is 9.80 Å². The first-order valence-electron chi connectivity index (χ1n) is 8.12. The largest absolute Gasteiger partial charge is 0.505 e. The van der Waals surface area contributed by atoms with Gasteiger partial charge >= 0.3 is 0 Å². The summed E-state index contributed by atoms with van der Waals surface area (Å²) in [5.74, 6) is 0.453. The maximum atomic E-state index is 11.4. The SMILES string of the molecule is CNC(=O)CCc1cc(C)c(O)c(N(C)/N=C2/C=CC=CC2C)c1. The lowest BCUT2D eigenvalue weighted by Crippen LogP contribution is -2.18. The Balaban J connectivity index is 2.26. The molecule has 2 N–H and O–H groups in total. The van der Waals surface area contributed by atoms with Gasteiger partial charge in [-0.25, -0.2) is 0 Å². The number of aryl methyl sites for hydroxylation is 2. The molecule has 0 bridgehead atoms. The molecule has 1 atom stereocenters. The Kier molecular flexibility index (Phi) is 5.79. The monoisotopic (exact) mass is 327 g/mol. The highest BCUT2D eigenvalue weighted by molar-refractivity contribution is 5.99. The average Bonchev–Trinajstić information content (AvgIpc) is 2.57. The Morgan fingerprint density at radius 2 is 2.12 bits per heavy atom. The van der Waals surface area contributed by atoms with E-state index in [0.717, 1.165) is 16.8 Å². The number of amides is 1. The fraction of sp³-hybridized carbons (Fsp3) is 0.368. The molecule has 1 aromatic carbocycles. The van der Waals surface area contributed by atoms with E-state index in [1.54, 1.807) is 12.1 Å². The molecule has 1 aromatic rings. The number of hydrogen-bond acceptors (Lipinski definition) is 4. The van der Waals surface area contributed by atoms with Crippen molar-refractivity contribution in [2.45, 2.75) is 26.7 Å². The van der Waals surface area contributed by atoms with Gasteiger partial charge < -0.3 is 10.4 Å². The Hall–Kier alpha value is -2.56. The van der Waals surface area contributed by atoms with Crippen LogP contribution in [0.5, 0.6) is 5.75 Å². The summed E-state index contributed by atoms with van der Waals surface area (Å²) < 4.78 is 0. The van der Waals surface area contributed by atoms with Crippen LogP contribution in [0.25, 0.3) is 0 Å². The second kappa shape index (κ2) is 7.81. The lowest BCUT2D eigenvalue weighted by Gasteiger charge is -2.20. The third-order valence-corrected chi connectivity index (χ3v) is 4.12. The maximum Gasteiger partial charge on any atom is 0.220 e. The molecule has 0 aromatic heterocycles. The van der Waals surface area contributed by atoms with Crippen molar-refractivity contribution in [3.8, 4) is 5.75 Å². The van der Waals surface area contributed by atoms with E-state index >= 15 is 0 Å². The number of nitrogens with zero attached hydrogens (tertiary/aromatic N) is 2. The number of phenols is 1. The number of phenolic OH excluding ortho intramolecular Hbond substituents is 1. The molecule has 24 heavy (non-hydrogen) atoms. The van der Waals surface area contributed by atoms with Crippen molar-refractivity contribution in [3.05, 3.63) is 47.6 Å². The molecule has 0 aliphatic heterocycles. The number of anilines is 1. The molecule has 1 aliphatic carbocycles. The van der Waals surface area contributed by atoms with Crippen LogP contribution in [0, 0.1) is 12.8 Å². The predicted octanol–water partition coefficient (Wildman–Crippen LogP) is 2.93. The molecular formula is C19H25N3O2. The molecule has 5 heteroatoms. The molecule has 128 valence electrons. The van der Waals surface area contributed by atoms with Crippen LogP contribution in [0.3, 0.4) is 0 Å². The summed E-state index contributed by atoms with van der Waals surface area (Å²) in [6.07, 6.45) is 9.06. The molecule has 0 saturated carbocycles. The lowest BCUT2D eigenvalue weighted by atomic mass is 10.0. The van der Waals surface area contributed by atoms with Gasteiger partial charge in [0.25, 0.3) is 0 Å². The highest BCUT2D eigenvalue weighted by Crippen LogP contribution is 2.32. The van der Waals surface area contributed by atoms with Gasteiger partial charge in [-0.15, -0.1) is 0 Å². The van der Waals surface area contributed by atoms with Crippen molar-refractivity contribution in [2.75, 3.05) is 19.1 Å². The molecular weight excluding hydrogens is 302 g/mol. The smallest absolute Gasteiger partial charge is 0.220 e. The van der Waals surface area contributed by atoms with Crippen molar-refractivity contribution in [3.63, 3.8) is 0 Å². The minimum absolute atomic E-state index is 0.00355. The molecule has 1 amide bonds. The molecule has 0 saturated heterocycles. The van der Waals surface area contributed by atoms with E-state index in [0.29, 0.717) is 18.5 Å². The van der Waals surface area contributed by atoms with Crippen LogP contribution in [0.15, 0.2) is 41.5 Å². The van der Waals surface area contributed by atoms with Crippen LogP contribution in [0.1, 0.15) is 24.5 Å². The average molecular weight is 327 g/mol. The molecule has 0 fully saturated rings. The number of allylic oxidation sites excluding steroid dienone is 4. The summed E-state index contributed by atoms with van der Waals surface area (Å²) in [5.41, 5.74) is 3.36. The van der Waals surface area contributed by atoms with Crippen molar-refractivity contribution in [1.82, 2.24) is 5.32 Å². The topological polar surface area (TPSA) is 64.9 Å². The van der Waals surface area contributed by atoms with Crippen LogP contribution in [0.2, 0.25) is 0 Å². The number of benzene rings is 1. The lowest BCUT2D eigenvalue weighted by molar-refractivity contribution is -0.120. The number of carbonyl (C=O) groups excluding carboxylic acids is 1. The summed E-state index contributed by atoms with van der Waals surface area (Å²) in [7, 11) is 3.45. The standard InChI is InChI=1S/C19H25N3O2/c1-13-7-5-6-8-16(13)21-22(4)17-12-15(9-10-18(23)20-3)11-14(2)19(17)24/h5-8,11-13,24H,9-10H2,1-4H3,(H,20,23)/b21-16-. The maximum absolute atomic E-state index is 11.4. The molecule has 2 rings (SSSR count). The van der Waals surface area contributed by atoms with E-state index in [2.05, 4.69) is 23.4 Å². The summed E-state index contributed by atoms with van der Waals surface area (Å²) in [4.78, 5) is 11.4. The van der Waals surface area contributed by atoms with Crippen molar-refractivity contribution < 1.29 is 9.90 Å². The molecule has 0 radical (unpaired) electrons. The first-order valence-corrected chi connectivity index (χ1v) is 8.12. The molecule has 1 aliphatic rings. The van der Waals surface area contributed by atoms with Gasteiger partial charge in [0.05, 0.1) is 5.71 Å². The quantitative estimate of drug-likeness (QED) is 0.817. The van der Waals surface area contributed by atoms with Gasteiger partial charge in [0.1, 0.15) is 11.4 Å². The highest BCUT2D eigenvalue weighted by Gasteiger charge is 2.14. The van der Waals surface area contributed by atoms with Crippen molar-refractivity contribution in [2.24, 2.45) is 11.0 Å². The molecule has 0 spiro atoms. The minimum Gasteiger partial charge on any atom is -0.505 e. The zero-order chi connectivity index (χ0) is 17.7. The highest BCUT2D eigenvalue weighted by atomic mass is 16.3. The Bertz CT molecular complexity index is 705. The van der Waals surface area contributed by atoms with Crippen LogP contribution in [-0.4, -0.2) is 30.8 Å². The first kappa shape index (κ1) is 17.8. The fourth-order valence-corrected chi connectivity index (χ4v) is 2.59. The second-order valence-corrected chi connectivity index (χ2v) is 6.03. The summed E-state index contributed by atoms with van der Waals surface area (Å²) >= 11 is 0. The van der Waals surface area contributed by atoms with E-state index in [1.807, 2.05) is 44.3 Å². The van der Waals surface area contributed by atoms with Crippen LogP contribution in [0.4, 0.5) is 5.69 Å². The minimum atomic E-state index is 0.00355. The third kappa shape index (κ3) is 4.25. The molecule has 1 unspecified atom stereocenters. The van der Waals surface area contributed by atoms with Gasteiger partial charge in [0.2, 0.25) is 5.91 Å². The normalized spacial score (nSPS) is 18.0. The van der Waals surface area contributed by atoms with Crippen LogP contribution in [-0.2, 0) is 11.2 Å². The number of hydrogen-bond donors (Lipinski definition) is 2. The number of nitrogens with one attached hydrogen (secondary N) is 1. The molecule has 5 nitrogen and oxygen atoms in total. The van der Waals surface area contributed by atoms with E-state index in [1.165, 1.54) is 0 Å². The van der Waals surface area contributed by atoms with E-state index in [9.17, 15) is 9.90 Å². The third-order valence-electron chi connectivity index (χ3n) is 4.12. The number of aromatic hydroxyl groups is 1. The van der Waals surface area contributed by atoms with Crippen LogP contribution < -0.4 is 10.3 Å². The van der Waals surface area contributed by atoms with Gasteiger partial charge in [-0.2, -0.15) is 5.10 Å². The Morgan fingerprint density at radius 1 is 1.38 bits per heavy atom. The second-order valence-electron chi connectivity index (χ2n) is 6.03. The van der Waals surface area contributed by atoms with Gasteiger partial charge in [-0.1, -0.05) is 31.2 Å². The Morgan fingerprint density at radius 3 is 2.79 bits per heavy atom. The fourth-order valence-electron chi connectivity index (χ4n) is 2.59. The van der Waals surface area contributed by atoms with Crippen molar-refractivity contribution in [1.29, 1.82) is 0 Å². The molecule has 0 heterocycles. The summed E-state index contributed by atoms with van der Waals surface area (Å²) in [5, 5.41) is 19.3. The summed E-state index contributed by atoms with van der Waals surface area (Å²) in [6, 6.07) is 3.80. The van der Waals surface area contributed by atoms with Gasteiger partial charge in [0, 0.05) is 26.4 Å². The Labute approximate surface area is 143 Å². The van der Waals surface area contributed by atoms with E-state index in [-0.39, 0.29) is 17.6 Å². The van der Waals surface area contributed by atoms with E-state index in [4.69, 9.17) is 0 Å². The zero-order valence-corrected chi connectivity index (χ0v) is 14.7.